The van der Waals surface area contributed by atoms with E-state index < -0.39 is 0 Å². The quantitative estimate of drug-likeness (QED) is 0.454. The number of hydrogen-bond acceptors (Lipinski definition) is 0. The monoisotopic (exact) mass is 91.1 g/mol. The molecule has 0 aliphatic rings. The summed E-state index contributed by atoms with van der Waals surface area (Å²) in [6, 6.07) is 0. The third kappa shape index (κ3) is 4.43. The highest BCUT2D eigenvalue weighted by molar-refractivity contribution is 7.16. The van der Waals surface area contributed by atoms with Crippen molar-refractivity contribution in [3.05, 3.63) is 0 Å². The fourth-order valence-corrected chi connectivity index (χ4v) is 0.612. The predicted molar refractivity (Wildman–Crippen MR) is 30.6 cm³/mol. The SMILES string of the molecule is CCCCP.[H+]. The highest BCUT2D eigenvalue weighted by Crippen LogP contribution is 1.89. The van der Waals surface area contributed by atoms with E-state index in [1.165, 1.54) is 19.0 Å². The van der Waals surface area contributed by atoms with Crippen LogP contribution in [-0.2, 0) is 0 Å². The molecule has 0 amide bonds. The minimum absolute atomic E-state index is 0. The Kier molecular flexibility index (Phi) is 4.81. The van der Waals surface area contributed by atoms with Crippen LogP contribution in [0.3, 0.4) is 0 Å². The van der Waals surface area contributed by atoms with Gasteiger partial charge < -0.3 is 0 Å². The van der Waals surface area contributed by atoms with Crippen LogP contribution in [-0.4, -0.2) is 6.16 Å². The van der Waals surface area contributed by atoms with Gasteiger partial charge in [-0.3, -0.25) is 0 Å². The summed E-state index contributed by atoms with van der Waals surface area (Å²) in [5.41, 5.74) is 0. The van der Waals surface area contributed by atoms with Crippen molar-refractivity contribution in [2.24, 2.45) is 0 Å². The molecule has 1 heteroatoms. The summed E-state index contributed by atoms with van der Waals surface area (Å²) in [5, 5.41) is 0. The van der Waals surface area contributed by atoms with Gasteiger partial charge in [0.2, 0.25) is 0 Å². The van der Waals surface area contributed by atoms with Gasteiger partial charge in [0, 0.05) is 0 Å². The molecule has 0 aromatic carbocycles. The highest BCUT2D eigenvalue weighted by Gasteiger charge is 1.68. The number of hydrogen-bond donors (Lipinski definition) is 0. The predicted octanol–water partition coefficient (Wildman–Crippen LogP) is 1.77. The number of unbranched alkanes of at least 4 members (excludes halogenated alkanes) is 1. The van der Waals surface area contributed by atoms with Crippen LogP contribution in [0.4, 0.5) is 0 Å². The lowest BCUT2D eigenvalue weighted by molar-refractivity contribution is 0.897. The summed E-state index contributed by atoms with van der Waals surface area (Å²) < 4.78 is 0. The molecule has 5 heavy (non-hydrogen) atoms. The summed E-state index contributed by atoms with van der Waals surface area (Å²) in [5.74, 6) is 0. The van der Waals surface area contributed by atoms with Crippen molar-refractivity contribution in [3.8, 4) is 0 Å². The van der Waals surface area contributed by atoms with Crippen molar-refractivity contribution >= 4 is 9.24 Å². The van der Waals surface area contributed by atoms with Gasteiger partial charge in [-0.1, -0.05) is 19.8 Å². The normalized spacial score (nSPS) is 8.40. The molecule has 0 bridgehead atoms. The van der Waals surface area contributed by atoms with Crippen molar-refractivity contribution < 1.29 is 1.43 Å². The fraction of sp³-hybridized carbons (Fsp3) is 1.00. The van der Waals surface area contributed by atoms with Crippen LogP contribution >= 0.6 is 9.24 Å². The zero-order valence-corrected chi connectivity index (χ0v) is 4.85. The topological polar surface area (TPSA) is 0 Å². The van der Waals surface area contributed by atoms with E-state index >= 15 is 0 Å². The molecule has 0 saturated heterocycles. The smallest absolute Gasteiger partial charge is 0.138 e. The van der Waals surface area contributed by atoms with Gasteiger partial charge in [0.05, 0.1) is 0 Å². The molecule has 0 aliphatic carbocycles. The van der Waals surface area contributed by atoms with Gasteiger partial charge in [-0.25, -0.2) is 0 Å². The molecule has 0 nitrogen and oxygen atoms in total. The summed E-state index contributed by atoms with van der Waals surface area (Å²) in [4.78, 5) is 0. The molecule has 0 aromatic heterocycles. The van der Waals surface area contributed by atoms with Gasteiger partial charge in [-0.2, -0.15) is 0 Å². The molecule has 0 heterocycles. The molecule has 0 rings (SSSR count). The largest absolute Gasteiger partial charge is 1.00 e. The Bertz CT molecular complexity index is 15.0. The van der Waals surface area contributed by atoms with Crippen molar-refractivity contribution in [1.29, 1.82) is 0 Å². The van der Waals surface area contributed by atoms with E-state index in [1.54, 1.807) is 0 Å². The minimum atomic E-state index is 0. The van der Waals surface area contributed by atoms with Crippen LogP contribution in [0.25, 0.3) is 0 Å². The molecule has 0 fully saturated rings. The van der Waals surface area contributed by atoms with Crippen molar-refractivity contribution in [2.45, 2.75) is 19.8 Å². The van der Waals surface area contributed by atoms with Crippen molar-refractivity contribution in [3.63, 3.8) is 0 Å². The van der Waals surface area contributed by atoms with E-state index in [-0.39, 0.29) is 1.43 Å². The van der Waals surface area contributed by atoms with Crippen LogP contribution < -0.4 is 0 Å². The van der Waals surface area contributed by atoms with Gasteiger partial charge in [0.1, 0.15) is 0 Å². The summed E-state index contributed by atoms with van der Waals surface area (Å²) in [6.45, 7) is 2.20. The van der Waals surface area contributed by atoms with Crippen molar-refractivity contribution in [2.75, 3.05) is 6.16 Å². The second-order valence-electron chi connectivity index (χ2n) is 1.14. The Hall–Kier alpha value is 0.430. The van der Waals surface area contributed by atoms with E-state index in [0.29, 0.717) is 0 Å². The number of rotatable bonds is 2. The standard InChI is InChI=1S/C4H11P/c1-2-3-4-5/h2-5H2,1H3/p+1. The van der Waals surface area contributed by atoms with Crippen molar-refractivity contribution in [1.82, 2.24) is 0 Å². The fourth-order valence-electron chi connectivity index (χ4n) is 0.204. The molecular formula is C4H12P+. The molecule has 0 saturated carbocycles. The molecule has 1 unspecified atom stereocenters. The zero-order chi connectivity index (χ0) is 4.12. The minimum Gasteiger partial charge on any atom is -0.138 e. The summed E-state index contributed by atoms with van der Waals surface area (Å²) in [6.07, 6.45) is 3.94. The molecule has 0 aromatic rings. The van der Waals surface area contributed by atoms with Gasteiger partial charge in [0.25, 0.3) is 0 Å². The Morgan fingerprint density at radius 2 is 2.40 bits per heavy atom. The molecule has 32 valence electrons. The molecule has 0 aliphatic heterocycles. The maximum Gasteiger partial charge on any atom is 1.00 e. The van der Waals surface area contributed by atoms with Crippen LogP contribution in [0.1, 0.15) is 21.2 Å². The molecule has 0 N–H and O–H groups in total. The zero-order valence-electron chi connectivity index (χ0n) is 4.70. The second kappa shape index (κ2) is 4.43. The van der Waals surface area contributed by atoms with Crippen LogP contribution in [0.2, 0.25) is 0 Å². The molecular weight excluding hydrogens is 79.0 g/mol. The van der Waals surface area contributed by atoms with E-state index in [2.05, 4.69) is 16.2 Å². The Balaban J connectivity index is 0. The lowest BCUT2D eigenvalue weighted by Gasteiger charge is -1.79. The lowest BCUT2D eigenvalue weighted by atomic mass is 10.4. The van der Waals surface area contributed by atoms with E-state index in [9.17, 15) is 0 Å². The first kappa shape index (κ1) is 5.43. The Morgan fingerprint density at radius 3 is 2.40 bits per heavy atom. The first-order valence-electron chi connectivity index (χ1n) is 2.12. The first-order chi connectivity index (χ1) is 2.41. The second-order valence-corrected chi connectivity index (χ2v) is 1.72. The maximum atomic E-state index is 2.70. The molecule has 0 radical (unpaired) electrons. The van der Waals surface area contributed by atoms with E-state index in [1.807, 2.05) is 0 Å². The Morgan fingerprint density at radius 1 is 1.80 bits per heavy atom. The van der Waals surface area contributed by atoms with Crippen LogP contribution in [0.5, 0.6) is 0 Å². The molecule has 1 atom stereocenters. The molecule has 0 spiro atoms. The van der Waals surface area contributed by atoms with Gasteiger partial charge in [0.15, 0.2) is 0 Å². The average molecular weight is 91.1 g/mol. The van der Waals surface area contributed by atoms with Gasteiger partial charge >= 0.3 is 1.43 Å². The third-order valence-electron chi connectivity index (χ3n) is 0.558. The third-order valence-corrected chi connectivity index (χ3v) is 0.966. The highest BCUT2D eigenvalue weighted by atomic mass is 31.0. The lowest BCUT2D eigenvalue weighted by Crippen LogP contribution is -1.64. The maximum absolute atomic E-state index is 2.70. The van der Waals surface area contributed by atoms with E-state index in [0.717, 1.165) is 0 Å². The summed E-state index contributed by atoms with van der Waals surface area (Å²) in [7, 11) is 2.70. The van der Waals surface area contributed by atoms with E-state index in [4.69, 9.17) is 0 Å². The van der Waals surface area contributed by atoms with Gasteiger partial charge in [-0.05, 0) is 6.16 Å². The first-order valence-corrected chi connectivity index (χ1v) is 2.93. The Labute approximate surface area is 37.6 Å². The summed E-state index contributed by atoms with van der Waals surface area (Å²) >= 11 is 0. The average Bonchev–Trinajstić information content (AvgIpc) is 1.41. The van der Waals surface area contributed by atoms with Gasteiger partial charge in [-0.15, -0.1) is 9.24 Å². The van der Waals surface area contributed by atoms with Crippen LogP contribution in [0.15, 0.2) is 0 Å². The van der Waals surface area contributed by atoms with Crippen LogP contribution in [0, 0.1) is 0 Å².